The van der Waals surface area contributed by atoms with Crippen LogP contribution in [-0.2, 0) is 15.7 Å². The van der Waals surface area contributed by atoms with Crippen LogP contribution in [-0.4, -0.2) is 36.7 Å². The molecule has 3 rings (SSSR count). The summed E-state index contributed by atoms with van der Waals surface area (Å²) in [6.45, 7) is 4.13. The van der Waals surface area contributed by atoms with Crippen LogP contribution >= 0.6 is 0 Å². The number of nitrogens with zero attached hydrogens (tertiary/aromatic N) is 3. The van der Waals surface area contributed by atoms with Gasteiger partial charge in [0.05, 0.1) is 11.3 Å². The molecule has 31 heavy (non-hydrogen) atoms. The molecule has 0 spiro atoms. The minimum atomic E-state index is -4.71. The Morgan fingerprint density at radius 1 is 1.32 bits per heavy atom. The van der Waals surface area contributed by atoms with Gasteiger partial charge >= 0.3 is 12.3 Å². The van der Waals surface area contributed by atoms with Crippen molar-refractivity contribution in [3.05, 3.63) is 59.3 Å². The molecule has 0 radical (unpaired) electrons. The van der Waals surface area contributed by atoms with Gasteiger partial charge in [-0.15, -0.1) is 0 Å². The Balaban J connectivity index is 2.00. The van der Waals surface area contributed by atoms with Gasteiger partial charge in [-0.2, -0.15) is 13.2 Å². The molecule has 1 aliphatic heterocycles. The van der Waals surface area contributed by atoms with E-state index in [2.05, 4.69) is 11.6 Å². The summed E-state index contributed by atoms with van der Waals surface area (Å²) in [4.78, 5) is 30.6. The summed E-state index contributed by atoms with van der Waals surface area (Å²) >= 11 is 0. The van der Waals surface area contributed by atoms with E-state index in [1.807, 2.05) is 0 Å². The van der Waals surface area contributed by atoms with Crippen molar-refractivity contribution >= 4 is 29.6 Å². The molecule has 0 bridgehead atoms. The van der Waals surface area contributed by atoms with E-state index < -0.39 is 59.4 Å². The van der Waals surface area contributed by atoms with Crippen molar-refractivity contribution in [1.82, 2.24) is 4.98 Å². The molecule has 164 valence electrons. The number of amides is 2. The van der Waals surface area contributed by atoms with Crippen molar-refractivity contribution in [2.24, 2.45) is 0 Å². The van der Waals surface area contributed by atoms with Gasteiger partial charge in [-0.1, -0.05) is 12.7 Å². The number of likely N-dealkylation sites (N-methyl/N-ethyl adjacent to an activating group) is 1. The molecule has 1 aliphatic rings. The van der Waals surface area contributed by atoms with Gasteiger partial charge in [0.1, 0.15) is 18.2 Å². The van der Waals surface area contributed by atoms with E-state index in [1.165, 1.54) is 14.0 Å². The average Bonchev–Trinajstić information content (AvgIpc) is 3.07. The highest BCUT2D eigenvalue weighted by Gasteiger charge is 2.43. The number of halogens is 5. The number of aryl methyl sites for hydroxylation is 1. The van der Waals surface area contributed by atoms with E-state index in [-0.39, 0.29) is 11.4 Å². The van der Waals surface area contributed by atoms with Crippen molar-refractivity contribution in [3.8, 4) is 0 Å². The van der Waals surface area contributed by atoms with Gasteiger partial charge in [-0.05, 0) is 31.2 Å². The van der Waals surface area contributed by atoms with Gasteiger partial charge in [0.15, 0.2) is 11.9 Å². The number of alkyl halides is 3. The SMILES string of the molecule is C=Cc1c(F)ccc(N(C)C(=O)C2COC(=O)N2c2cc(C(F)(F)F)cc(C)n2)c1F. The Hall–Kier alpha value is -3.50. The Labute approximate surface area is 173 Å². The minimum Gasteiger partial charge on any atom is -0.446 e. The van der Waals surface area contributed by atoms with E-state index in [0.717, 1.165) is 29.2 Å². The van der Waals surface area contributed by atoms with Crippen molar-refractivity contribution in [2.45, 2.75) is 19.1 Å². The second-order valence-corrected chi connectivity index (χ2v) is 6.71. The Morgan fingerprint density at radius 2 is 2.00 bits per heavy atom. The maximum Gasteiger partial charge on any atom is 0.416 e. The van der Waals surface area contributed by atoms with E-state index in [1.54, 1.807) is 0 Å². The summed E-state index contributed by atoms with van der Waals surface area (Å²) < 4.78 is 72.7. The first kappa shape index (κ1) is 22.2. The zero-order chi connectivity index (χ0) is 23.1. The summed E-state index contributed by atoms with van der Waals surface area (Å²) in [6, 6.07) is 1.95. The number of carbonyl (C=O) groups excluding carboxylic acids is 2. The molecule has 1 fully saturated rings. The van der Waals surface area contributed by atoms with Gasteiger partial charge in [0, 0.05) is 18.3 Å². The van der Waals surface area contributed by atoms with E-state index in [0.29, 0.717) is 11.0 Å². The highest BCUT2D eigenvalue weighted by Crippen LogP contribution is 2.34. The van der Waals surface area contributed by atoms with Gasteiger partial charge in [0.25, 0.3) is 5.91 Å². The van der Waals surface area contributed by atoms with E-state index in [9.17, 15) is 31.5 Å². The molecule has 2 heterocycles. The largest absolute Gasteiger partial charge is 0.446 e. The van der Waals surface area contributed by atoms with Gasteiger partial charge in [-0.25, -0.2) is 23.5 Å². The predicted molar refractivity (Wildman–Crippen MR) is 101 cm³/mol. The fourth-order valence-electron chi connectivity index (χ4n) is 3.14. The minimum absolute atomic E-state index is 0.0377. The highest BCUT2D eigenvalue weighted by atomic mass is 19.4. The van der Waals surface area contributed by atoms with Crippen LogP contribution in [0.3, 0.4) is 0 Å². The van der Waals surface area contributed by atoms with Crippen LogP contribution in [0.15, 0.2) is 30.8 Å². The van der Waals surface area contributed by atoms with Gasteiger partial charge in [0.2, 0.25) is 0 Å². The molecule has 0 aliphatic carbocycles. The van der Waals surface area contributed by atoms with Crippen LogP contribution in [0.2, 0.25) is 0 Å². The Morgan fingerprint density at radius 3 is 2.61 bits per heavy atom. The lowest BCUT2D eigenvalue weighted by molar-refractivity contribution is -0.137. The summed E-state index contributed by atoms with van der Waals surface area (Å²) in [6.07, 6.45) is -4.85. The average molecular weight is 441 g/mol. The first-order chi connectivity index (χ1) is 14.5. The number of ether oxygens (including phenoxy) is 1. The van der Waals surface area contributed by atoms with Gasteiger partial charge < -0.3 is 9.64 Å². The molecular weight excluding hydrogens is 425 g/mol. The number of benzene rings is 1. The lowest BCUT2D eigenvalue weighted by Gasteiger charge is -2.26. The Kier molecular flexibility index (Phi) is 5.70. The standard InChI is InChI=1S/C20H16F5N3O3/c1-4-12-13(21)5-6-14(17(12)22)27(3)18(29)15-9-31-19(30)28(15)16-8-11(20(23,24)25)7-10(2)26-16/h4-8,15H,1,9H2,2-3H3. The third-order valence-corrected chi connectivity index (χ3v) is 4.67. The first-order valence-electron chi connectivity index (χ1n) is 8.85. The summed E-state index contributed by atoms with van der Waals surface area (Å²) in [5, 5.41) is 0. The number of anilines is 2. The monoisotopic (exact) mass is 441 g/mol. The lowest BCUT2D eigenvalue weighted by Crippen LogP contribution is -2.47. The Bertz CT molecular complexity index is 1070. The van der Waals surface area contributed by atoms with Crippen LogP contribution in [0.4, 0.5) is 38.3 Å². The molecule has 2 amide bonds. The number of cyclic esters (lactones) is 1. The molecule has 1 atom stereocenters. The van der Waals surface area contributed by atoms with Crippen LogP contribution in [0.25, 0.3) is 6.08 Å². The number of rotatable bonds is 4. The van der Waals surface area contributed by atoms with Crippen LogP contribution < -0.4 is 9.80 Å². The quantitative estimate of drug-likeness (QED) is 0.664. The number of pyridine rings is 1. The molecule has 0 N–H and O–H groups in total. The zero-order valence-electron chi connectivity index (χ0n) is 16.3. The molecule has 2 aromatic rings. The van der Waals surface area contributed by atoms with Crippen LogP contribution in [0.5, 0.6) is 0 Å². The maximum atomic E-state index is 14.6. The van der Waals surface area contributed by atoms with Crippen molar-refractivity contribution in [1.29, 1.82) is 0 Å². The summed E-state index contributed by atoms with van der Waals surface area (Å²) in [7, 11) is 1.18. The molecule has 0 saturated carbocycles. The summed E-state index contributed by atoms with van der Waals surface area (Å²) in [5.74, 6) is -3.26. The second kappa shape index (κ2) is 7.97. The van der Waals surface area contributed by atoms with E-state index in [4.69, 9.17) is 4.74 Å². The third kappa shape index (κ3) is 4.07. The molecule has 1 saturated heterocycles. The number of hydrogen-bond acceptors (Lipinski definition) is 4. The summed E-state index contributed by atoms with van der Waals surface area (Å²) in [5.41, 5.74) is -1.87. The van der Waals surface area contributed by atoms with Gasteiger partial charge in [-0.3, -0.25) is 4.79 Å². The lowest BCUT2D eigenvalue weighted by atomic mass is 10.1. The molecule has 1 aromatic carbocycles. The van der Waals surface area contributed by atoms with Crippen LogP contribution in [0, 0.1) is 18.6 Å². The predicted octanol–water partition coefficient (Wildman–Crippen LogP) is 4.32. The highest BCUT2D eigenvalue weighted by molar-refractivity contribution is 6.05. The van der Waals surface area contributed by atoms with Crippen molar-refractivity contribution in [2.75, 3.05) is 23.5 Å². The number of aromatic nitrogens is 1. The molecular formula is C20H16F5N3O3. The van der Waals surface area contributed by atoms with E-state index >= 15 is 0 Å². The topological polar surface area (TPSA) is 62.7 Å². The van der Waals surface area contributed by atoms with Crippen LogP contribution in [0.1, 0.15) is 16.8 Å². The third-order valence-electron chi connectivity index (χ3n) is 4.67. The number of carbonyl (C=O) groups is 2. The fourth-order valence-corrected chi connectivity index (χ4v) is 3.14. The van der Waals surface area contributed by atoms with Crippen molar-refractivity contribution in [3.63, 3.8) is 0 Å². The molecule has 11 heteroatoms. The normalized spacial score (nSPS) is 16.3. The number of hydrogen-bond donors (Lipinski definition) is 0. The molecule has 1 aromatic heterocycles. The fraction of sp³-hybridized carbons (Fsp3) is 0.250. The van der Waals surface area contributed by atoms with Crippen molar-refractivity contribution < 1.29 is 36.3 Å². The smallest absolute Gasteiger partial charge is 0.416 e. The maximum absolute atomic E-state index is 14.6. The molecule has 6 nitrogen and oxygen atoms in total. The zero-order valence-corrected chi connectivity index (χ0v) is 16.3. The molecule has 1 unspecified atom stereocenters. The first-order valence-corrected chi connectivity index (χ1v) is 8.85. The second-order valence-electron chi connectivity index (χ2n) is 6.71.